The minimum atomic E-state index is -2.87. The van der Waals surface area contributed by atoms with E-state index in [0.29, 0.717) is 0 Å². The molecule has 72 valence electrons. The van der Waals surface area contributed by atoms with Crippen molar-refractivity contribution in [1.29, 1.82) is 0 Å². The van der Waals surface area contributed by atoms with Gasteiger partial charge in [0.25, 0.3) is 6.43 Å². The van der Waals surface area contributed by atoms with Gasteiger partial charge in [-0.25, -0.2) is 13.8 Å². The van der Waals surface area contributed by atoms with Crippen LogP contribution in [0.25, 0.3) is 0 Å². The topological polar surface area (TPSA) is 33.1 Å². The second-order valence-electron chi connectivity index (χ2n) is 2.25. The van der Waals surface area contributed by atoms with Crippen LogP contribution in [0.4, 0.5) is 13.2 Å². The third-order valence-corrected chi connectivity index (χ3v) is 2.40. The fourth-order valence-corrected chi connectivity index (χ4v) is 1.57. The van der Waals surface area contributed by atoms with Gasteiger partial charge in [0.15, 0.2) is 0 Å². The molecule has 0 saturated heterocycles. The number of rotatable bonds is 2. The zero-order valence-electron chi connectivity index (χ0n) is 6.27. The lowest BCUT2D eigenvalue weighted by Gasteiger charge is -2.07. The van der Waals surface area contributed by atoms with Crippen LogP contribution < -0.4 is 0 Å². The summed E-state index contributed by atoms with van der Waals surface area (Å²) in [7, 11) is 0. The van der Waals surface area contributed by atoms with Crippen LogP contribution in [0.3, 0.4) is 0 Å². The summed E-state index contributed by atoms with van der Waals surface area (Å²) < 4.78 is 37.3. The number of aromatic nitrogens is 1. The monoisotopic (exact) mass is 303 g/mol. The Kier molecular flexibility index (Phi) is 3.48. The van der Waals surface area contributed by atoms with E-state index in [2.05, 4.69) is 4.98 Å². The van der Waals surface area contributed by atoms with Gasteiger partial charge in [-0.2, -0.15) is 4.39 Å². The van der Waals surface area contributed by atoms with E-state index in [4.69, 9.17) is 5.11 Å². The maximum Gasteiger partial charge on any atom is 0.280 e. The molecule has 0 radical (unpaired) electrons. The smallest absolute Gasteiger partial charge is 0.280 e. The molecule has 0 saturated carbocycles. The van der Waals surface area contributed by atoms with Crippen molar-refractivity contribution in [3.8, 4) is 0 Å². The summed E-state index contributed by atoms with van der Waals surface area (Å²) in [6.07, 6.45) is -2.87. The van der Waals surface area contributed by atoms with Crippen LogP contribution >= 0.6 is 22.6 Å². The average Bonchev–Trinajstić information content (AvgIpc) is 2.02. The molecule has 0 aromatic carbocycles. The number of nitrogens with zero attached hydrogens (tertiary/aromatic N) is 1. The molecule has 1 rings (SSSR count). The zero-order chi connectivity index (χ0) is 10.0. The number of pyridine rings is 1. The van der Waals surface area contributed by atoms with Crippen molar-refractivity contribution >= 4 is 22.6 Å². The summed E-state index contributed by atoms with van der Waals surface area (Å²) in [6, 6.07) is 0.998. The van der Waals surface area contributed by atoms with E-state index < -0.39 is 24.7 Å². The third kappa shape index (κ3) is 2.31. The lowest BCUT2D eigenvalue weighted by atomic mass is 10.2. The van der Waals surface area contributed by atoms with E-state index in [1.807, 2.05) is 0 Å². The van der Waals surface area contributed by atoms with Crippen molar-refractivity contribution in [2.45, 2.75) is 13.0 Å². The number of hydrogen-bond donors (Lipinski definition) is 1. The van der Waals surface area contributed by atoms with Crippen LogP contribution in [-0.2, 0) is 6.61 Å². The minimum absolute atomic E-state index is 0.0167. The summed E-state index contributed by atoms with van der Waals surface area (Å²) in [5, 5.41) is 8.74. The van der Waals surface area contributed by atoms with Crippen LogP contribution in [-0.4, -0.2) is 10.1 Å². The molecule has 0 aliphatic rings. The third-order valence-electron chi connectivity index (χ3n) is 1.44. The highest BCUT2D eigenvalue weighted by molar-refractivity contribution is 14.1. The highest BCUT2D eigenvalue weighted by Gasteiger charge is 2.18. The van der Waals surface area contributed by atoms with Gasteiger partial charge in [-0.3, -0.25) is 0 Å². The van der Waals surface area contributed by atoms with Crippen LogP contribution in [0.1, 0.15) is 17.7 Å². The van der Waals surface area contributed by atoms with E-state index in [1.165, 1.54) is 0 Å². The second kappa shape index (κ2) is 4.23. The normalized spacial score (nSPS) is 10.9. The molecule has 0 spiro atoms. The van der Waals surface area contributed by atoms with Gasteiger partial charge in [0.1, 0.15) is 5.69 Å². The van der Waals surface area contributed by atoms with Crippen molar-refractivity contribution < 1.29 is 18.3 Å². The highest BCUT2D eigenvalue weighted by Crippen LogP contribution is 2.25. The fraction of sp³-hybridized carbons (Fsp3) is 0.286. The molecule has 0 fully saturated rings. The van der Waals surface area contributed by atoms with Crippen molar-refractivity contribution in [2.24, 2.45) is 0 Å². The molecule has 0 aliphatic heterocycles. The second-order valence-corrected chi connectivity index (χ2v) is 3.41. The molecule has 1 N–H and O–H groups in total. The molecule has 0 unspecified atom stereocenters. The van der Waals surface area contributed by atoms with Crippen molar-refractivity contribution in [1.82, 2.24) is 4.98 Å². The van der Waals surface area contributed by atoms with Gasteiger partial charge in [0.05, 0.1) is 6.61 Å². The van der Waals surface area contributed by atoms with Gasteiger partial charge in [-0.15, -0.1) is 0 Å². The summed E-state index contributed by atoms with van der Waals surface area (Å²) in [4.78, 5) is 3.02. The number of aliphatic hydroxyl groups excluding tert-OH is 1. The number of hydrogen-bond acceptors (Lipinski definition) is 2. The average molecular weight is 303 g/mol. The predicted molar refractivity (Wildman–Crippen MR) is 47.8 cm³/mol. The quantitative estimate of drug-likeness (QED) is 0.671. The van der Waals surface area contributed by atoms with Crippen LogP contribution in [0, 0.1) is 9.52 Å². The molecular formula is C7H5F3INO. The lowest BCUT2D eigenvalue weighted by molar-refractivity contribution is 0.140. The van der Waals surface area contributed by atoms with Gasteiger partial charge in [0, 0.05) is 15.2 Å². The van der Waals surface area contributed by atoms with Crippen molar-refractivity contribution in [3.05, 3.63) is 26.8 Å². The Balaban J connectivity index is 3.29. The standard InChI is InChI=1S/C7H5F3INO/c8-5-1-4(11)3(2-13)6(12-5)7(9)10/h1,7,13H,2H2. The molecule has 0 bridgehead atoms. The zero-order valence-corrected chi connectivity index (χ0v) is 8.43. The van der Waals surface area contributed by atoms with Crippen LogP contribution in [0.15, 0.2) is 6.07 Å². The largest absolute Gasteiger partial charge is 0.392 e. The lowest BCUT2D eigenvalue weighted by Crippen LogP contribution is -2.03. The van der Waals surface area contributed by atoms with Crippen LogP contribution in [0.5, 0.6) is 0 Å². The maximum atomic E-state index is 12.6. The van der Waals surface area contributed by atoms with E-state index in [-0.39, 0.29) is 9.13 Å². The number of aliphatic hydroxyl groups is 1. The summed E-state index contributed by atoms with van der Waals surface area (Å²) in [6.45, 7) is -0.564. The first-order chi connectivity index (χ1) is 6.06. The molecular weight excluding hydrogens is 298 g/mol. The molecule has 1 aromatic rings. The van der Waals surface area contributed by atoms with Gasteiger partial charge >= 0.3 is 0 Å². The SMILES string of the molecule is OCc1c(I)cc(F)nc1C(F)F. The van der Waals surface area contributed by atoms with E-state index >= 15 is 0 Å². The summed E-state index contributed by atoms with van der Waals surface area (Å²) >= 11 is 1.67. The number of alkyl halides is 2. The minimum Gasteiger partial charge on any atom is -0.392 e. The van der Waals surface area contributed by atoms with Crippen molar-refractivity contribution in [2.75, 3.05) is 0 Å². The Labute approximate surface area is 85.9 Å². The Morgan fingerprint density at radius 2 is 2.15 bits per heavy atom. The Bertz CT molecular complexity index is 319. The van der Waals surface area contributed by atoms with E-state index in [0.717, 1.165) is 6.07 Å². The fourth-order valence-electron chi connectivity index (χ4n) is 0.866. The molecule has 2 nitrogen and oxygen atoms in total. The Hall–Kier alpha value is -0.370. The number of halogens is 4. The summed E-state index contributed by atoms with van der Waals surface area (Å²) in [5.74, 6) is -0.961. The van der Waals surface area contributed by atoms with Gasteiger partial charge in [-0.05, 0) is 22.6 Å². The maximum absolute atomic E-state index is 12.6. The molecule has 13 heavy (non-hydrogen) atoms. The molecule has 0 atom stereocenters. The Morgan fingerprint density at radius 3 is 2.62 bits per heavy atom. The first-order valence-corrected chi connectivity index (χ1v) is 4.38. The molecule has 0 aliphatic carbocycles. The molecule has 0 amide bonds. The molecule has 1 heterocycles. The first-order valence-electron chi connectivity index (χ1n) is 3.30. The summed E-state index contributed by atoms with van der Waals surface area (Å²) in [5.41, 5.74) is -0.705. The predicted octanol–water partition coefficient (Wildman–Crippen LogP) is 2.26. The molecule has 6 heteroatoms. The van der Waals surface area contributed by atoms with Gasteiger partial charge in [0.2, 0.25) is 5.95 Å². The highest BCUT2D eigenvalue weighted by atomic mass is 127. The van der Waals surface area contributed by atoms with E-state index in [1.54, 1.807) is 22.6 Å². The van der Waals surface area contributed by atoms with E-state index in [9.17, 15) is 13.2 Å². The van der Waals surface area contributed by atoms with Gasteiger partial charge in [-0.1, -0.05) is 0 Å². The molecule has 1 aromatic heterocycles. The van der Waals surface area contributed by atoms with Crippen molar-refractivity contribution in [3.63, 3.8) is 0 Å². The Morgan fingerprint density at radius 1 is 1.54 bits per heavy atom. The van der Waals surface area contributed by atoms with Gasteiger partial charge < -0.3 is 5.11 Å². The first kappa shape index (κ1) is 10.7. The van der Waals surface area contributed by atoms with Crippen LogP contribution in [0.2, 0.25) is 0 Å².